The summed E-state index contributed by atoms with van der Waals surface area (Å²) in [4.78, 5) is 4.29. The van der Waals surface area contributed by atoms with Crippen LogP contribution in [0.1, 0.15) is 5.82 Å². The van der Waals surface area contributed by atoms with Gasteiger partial charge in [0.2, 0.25) is 5.82 Å². The van der Waals surface area contributed by atoms with Crippen molar-refractivity contribution >= 4 is 21.6 Å². The molecule has 0 amide bonds. The number of nitrogens with zero attached hydrogens (tertiary/aromatic N) is 2. The lowest BCUT2D eigenvalue weighted by atomic mass is 10.2. The zero-order valence-electron chi connectivity index (χ0n) is 11.0. The summed E-state index contributed by atoms with van der Waals surface area (Å²) < 4.78 is 11.6. The summed E-state index contributed by atoms with van der Waals surface area (Å²) in [7, 11) is 0. The van der Waals surface area contributed by atoms with Gasteiger partial charge in [0, 0.05) is 4.47 Å². The molecule has 0 unspecified atom stereocenters. The average Bonchev–Trinajstić information content (AvgIpc) is 2.98. The highest BCUT2D eigenvalue weighted by atomic mass is 79.9. The Bertz CT molecular complexity index is 744. The molecule has 21 heavy (non-hydrogen) atoms. The molecule has 5 nitrogen and oxygen atoms in total. The molecule has 2 aromatic carbocycles. The molecule has 3 rings (SSSR count). The molecule has 0 saturated carbocycles. The Morgan fingerprint density at radius 3 is 2.71 bits per heavy atom. The zero-order chi connectivity index (χ0) is 14.7. The number of nitrogen functional groups attached to an aromatic ring is 1. The molecule has 0 atom stereocenters. The van der Waals surface area contributed by atoms with Crippen LogP contribution < -0.4 is 10.5 Å². The Kier molecular flexibility index (Phi) is 3.87. The molecule has 0 radical (unpaired) electrons. The fourth-order valence-corrected chi connectivity index (χ4v) is 2.18. The topological polar surface area (TPSA) is 74.2 Å². The lowest BCUT2D eigenvalue weighted by molar-refractivity contribution is 0.287. The Balaban J connectivity index is 1.76. The van der Waals surface area contributed by atoms with Gasteiger partial charge in [-0.3, -0.25) is 0 Å². The Morgan fingerprint density at radius 1 is 1.10 bits per heavy atom. The highest BCUT2D eigenvalue weighted by Gasteiger charge is 2.13. The van der Waals surface area contributed by atoms with Gasteiger partial charge in [0.25, 0.3) is 5.89 Å². The van der Waals surface area contributed by atoms with E-state index in [9.17, 15) is 0 Å². The summed E-state index contributed by atoms with van der Waals surface area (Å²) in [6.07, 6.45) is 0. The predicted molar refractivity (Wildman–Crippen MR) is 82.6 cm³/mol. The lowest BCUT2D eigenvalue weighted by Gasteiger charge is -2.02. The number of para-hydroxylation sites is 2. The van der Waals surface area contributed by atoms with E-state index in [1.807, 2.05) is 48.5 Å². The van der Waals surface area contributed by atoms with Gasteiger partial charge in [-0.05, 0) is 40.2 Å². The summed E-state index contributed by atoms with van der Waals surface area (Å²) in [5.74, 6) is 1.60. The molecule has 0 aliphatic carbocycles. The molecule has 0 aliphatic heterocycles. The third-order valence-electron chi connectivity index (χ3n) is 2.86. The first-order chi connectivity index (χ1) is 10.2. The molecule has 0 fully saturated rings. The maximum atomic E-state index is 5.98. The fourth-order valence-electron chi connectivity index (χ4n) is 1.81. The van der Waals surface area contributed by atoms with Gasteiger partial charge >= 0.3 is 0 Å². The van der Waals surface area contributed by atoms with E-state index < -0.39 is 0 Å². The van der Waals surface area contributed by atoms with Crippen LogP contribution in [0.15, 0.2) is 57.5 Å². The van der Waals surface area contributed by atoms with Crippen molar-refractivity contribution in [3.05, 3.63) is 58.8 Å². The van der Waals surface area contributed by atoms with Gasteiger partial charge in [-0.2, -0.15) is 4.98 Å². The van der Waals surface area contributed by atoms with E-state index >= 15 is 0 Å². The van der Waals surface area contributed by atoms with Crippen LogP contribution in [0.5, 0.6) is 5.75 Å². The second-order valence-electron chi connectivity index (χ2n) is 4.32. The second-order valence-corrected chi connectivity index (χ2v) is 5.17. The first-order valence-corrected chi connectivity index (χ1v) is 7.08. The van der Waals surface area contributed by atoms with Gasteiger partial charge in [-0.15, -0.1) is 0 Å². The first kappa shape index (κ1) is 13.6. The molecule has 106 valence electrons. The molecular weight excluding hydrogens is 334 g/mol. The van der Waals surface area contributed by atoms with E-state index in [2.05, 4.69) is 26.1 Å². The smallest absolute Gasteiger partial charge is 0.260 e. The molecule has 3 aromatic rings. The number of nitrogens with two attached hydrogens (primary N) is 1. The molecule has 0 spiro atoms. The SMILES string of the molecule is Nc1c(Br)cccc1-c1nc(COc2ccccc2)no1. The second kappa shape index (κ2) is 5.97. The molecular formula is C15H12BrN3O2. The van der Waals surface area contributed by atoms with Gasteiger partial charge in [-0.1, -0.05) is 29.4 Å². The van der Waals surface area contributed by atoms with Crippen molar-refractivity contribution in [1.82, 2.24) is 10.1 Å². The summed E-state index contributed by atoms with van der Waals surface area (Å²) >= 11 is 3.37. The number of aromatic nitrogens is 2. The van der Waals surface area contributed by atoms with Crippen LogP contribution in [-0.2, 0) is 6.61 Å². The van der Waals surface area contributed by atoms with Crippen LogP contribution in [-0.4, -0.2) is 10.1 Å². The van der Waals surface area contributed by atoms with Crippen molar-refractivity contribution in [2.75, 3.05) is 5.73 Å². The van der Waals surface area contributed by atoms with Crippen LogP contribution >= 0.6 is 15.9 Å². The van der Waals surface area contributed by atoms with Gasteiger partial charge in [-0.25, -0.2) is 0 Å². The van der Waals surface area contributed by atoms with Crippen molar-refractivity contribution in [1.29, 1.82) is 0 Å². The highest BCUT2D eigenvalue weighted by molar-refractivity contribution is 9.10. The minimum Gasteiger partial charge on any atom is -0.485 e. The lowest BCUT2D eigenvalue weighted by Crippen LogP contribution is -1.97. The number of rotatable bonds is 4. The van der Waals surface area contributed by atoms with Gasteiger partial charge in [0.1, 0.15) is 5.75 Å². The van der Waals surface area contributed by atoms with E-state index in [0.29, 0.717) is 23.0 Å². The summed E-state index contributed by atoms with van der Waals surface area (Å²) in [6.45, 7) is 0.238. The number of hydrogen-bond acceptors (Lipinski definition) is 5. The van der Waals surface area contributed by atoms with Gasteiger partial charge in [0.05, 0.1) is 11.3 Å². The summed E-state index contributed by atoms with van der Waals surface area (Å²) in [6, 6.07) is 15.0. The molecule has 1 aromatic heterocycles. The number of anilines is 1. The monoisotopic (exact) mass is 345 g/mol. The standard InChI is InChI=1S/C15H12BrN3O2/c16-12-8-4-7-11(14(12)17)15-18-13(19-21-15)9-20-10-5-2-1-3-6-10/h1-8H,9,17H2. The van der Waals surface area contributed by atoms with E-state index in [4.69, 9.17) is 15.0 Å². The zero-order valence-corrected chi connectivity index (χ0v) is 12.6. The Hall–Kier alpha value is -2.34. The normalized spacial score (nSPS) is 10.5. The fraction of sp³-hybridized carbons (Fsp3) is 0.0667. The Morgan fingerprint density at radius 2 is 1.90 bits per heavy atom. The molecule has 0 aliphatic rings. The Labute approximate surface area is 129 Å². The average molecular weight is 346 g/mol. The number of halogens is 1. The molecule has 0 bridgehead atoms. The van der Waals surface area contributed by atoms with Crippen molar-refractivity contribution in [2.24, 2.45) is 0 Å². The third kappa shape index (κ3) is 3.05. The highest BCUT2D eigenvalue weighted by Crippen LogP contribution is 2.30. The van der Waals surface area contributed by atoms with E-state index in [1.165, 1.54) is 0 Å². The van der Waals surface area contributed by atoms with Crippen molar-refractivity contribution < 1.29 is 9.26 Å². The molecule has 6 heteroatoms. The number of ether oxygens (including phenoxy) is 1. The van der Waals surface area contributed by atoms with E-state index in [1.54, 1.807) is 0 Å². The minimum absolute atomic E-state index is 0.238. The van der Waals surface area contributed by atoms with E-state index in [0.717, 1.165) is 10.2 Å². The molecule has 1 heterocycles. The number of hydrogen-bond donors (Lipinski definition) is 1. The van der Waals surface area contributed by atoms with Crippen LogP contribution in [0.25, 0.3) is 11.5 Å². The largest absolute Gasteiger partial charge is 0.485 e. The van der Waals surface area contributed by atoms with Crippen LogP contribution in [0, 0.1) is 0 Å². The van der Waals surface area contributed by atoms with Crippen molar-refractivity contribution in [3.63, 3.8) is 0 Å². The summed E-state index contributed by atoms with van der Waals surface area (Å²) in [5, 5.41) is 3.90. The minimum atomic E-state index is 0.238. The number of benzene rings is 2. The van der Waals surface area contributed by atoms with Crippen LogP contribution in [0.2, 0.25) is 0 Å². The predicted octanol–water partition coefficient (Wildman–Crippen LogP) is 3.66. The maximum absolute atomic E-state index is 5.98. The van der Waals surface area contributed by atoms with Crippen LogP contribution in [0.3, 0.4) is 0 Å². The van der Waals surface area contributed by atoms with Crippen LogP contribution in [0.4, 0.5) is 5.69 Å². The first-order valence-electron chi connectivity index (χ1n) is 6.29. The van der Waals surface area contributed by atoms with Crippen molar-refractivity contribution in [2.45, 2.75) is 6.61 Å². The quantitative estimate of drug-likeness (QED) is 0.730. The van der Waals surface area contributed by atoms with Gasteiger partial charge in [0.15, 0.2) is 6.61 Å². The summed E-state index contributed by atoms with van der Waals surface area (Å²) in [5.41, 5.74) is 7.25. The molecule has 0 saturated heterocycles. The maximum Gasteiger partial charge on any atom is 0.260 e. The van der Waals surface area contributed by atoms with Gasteiger partial charge < -0.3 is 15.0 Å². The van der Waals surface area contributed by atoms with E-state index in [-0.39, 0.29) is 6.61 Å². The third-order valence-corrected chi connectivity index (χ3v) is 3.55. The van der Waals surface area contributed by atoms with Crippen molar-refractivity contribution in [3.8, 4) is 17.2 Å². The molecule has 2 N–H and O–H groups in total.